The molecule has 1 aromatic heterocycles. The number of likely N-dealkylation sites (N-methyl/N-ethyl adjacent to an activating group) is 1. The fourth-order valence-electron chi connectivity index (χ4n) is 2.60. The molecule has 0 aliphatic carbocycles. The van der Waals surface area contributed by atoms with E-state index < -0.39 is 11.9 Å². The van der Waals surface area contributed by atoms with E-state index in [0.29, 0.717) is 10.9 Å². The largest absolute Gasteiger partial charge is 0.332 e. The van der Waals surface area contributed by atoms with Crippen LogP contribution < -0.4 is 5.56 Å². The van der Waals surface area contributed by atoms with E-state index in [4.69, 9.17) is 12.2 Å². The Kier molecular flexibility index (Phi) is 3.21. The first kappa shape index (κ1) is 13.7. The van der Waals surface area contributed by atoms with Crippen LogP contribution in [0.4, 0.5) is 0 Å². The van der Waals surface area contributed by atoms with Crippen LogP contribution in [0.3, 0.4) is 0 Å². The molecule has 2 aromatic rings. The van der Waals surface area contributed by atoms with Gasteiger partial charge in [-0.2, -0.15) is 0 Å². The first-order valence-corrected chi connectivity index (χ1v) is 6.95. The lowest BCUT2D eigenvalue weighted by Crippen LogP contribution is -2.45. The number of imide groups is 1. The van der Waals surface area contributed by atoms with Crippen LogP contribution in [0.15, 0.2) is 29.1 Å². The molecule has 1 aliphatic heterocycles. The SMILES string of the molecule is CN1C(=O)CCC(n2c(=S)[nH]c3ccccc3c2=O)C1=O. The number of amides is 2. The van der Waals surface area contributed by atoms with Gasteiger partial charge in [0.15, 0.2) is 4.77 Å². The van der Waals surface area contributed by atoms with E-state index >= 15 is 0 Å². The van der Waals surface area contributed by atoms with E-state index in [0.717, 1.165) is 4.90 Å². The van der Waals surface area contributed by atoms with Crippen molar-refractivity contribution in [3.8, 4) is 0 Å². The van der Waals surface area contributed by atoms with Crippen molar-refractivity contribution >= 4 is 34.9 Å². The summed E-state index contributed by atoms with van der Waals surface area (Å²) >= 11 is 5.22. The molecule has 1 unspecified atom stereocenters. The molecule has 1 aromatic carbocycles. The third kappa shape index (κ3) is 2.09. The topological polar surface area (TPSA) is 75.2 Å². The van der Waals surface area contributed by atoms with Gasteiger partial charge in [-0.3, -0.25) is 23.9 Å². The third-order valence-electron chi connectivity index (χ3n) is 3.77. The van der Waals surface area contributed by atoms with Crippen molar-refractivity contribution < 1.29 is 9.59 Å². The summed E-state index contributed by atoms with van der Waals surface area (Å²) in [7, 11) is 1.43. The maximum atomic E-state index is 12.6. The van der Waals surface area contributed by atoms with Crippen LogP contribution in [0, 0.1) is 4.77 Å². The Balaban J connectivity index is 2.22. The summed E-state index contributed by atoms with van der Waals surface area (Å²) < 4.78 is 1.47. The van der Waals surface area contributed by atoms with E-state index in [2.05, 4.69) is 4.98 Å². The number of H-pyrrole nitrogens is 1. The molecule has 1 fully saturated rings. The number of nitrogens with one attached hydrogen (secondary N) is 1. The van der Waals surface area contributed by atoms with Crippen molar-refractivity contribution in [1.29, 1.82) is 0 Å². The van der Waals surface area contributed by atoms with Gasteiger partial charge in [0.25, 0.3) is 11.5 Å². The number of rotatable bonds is 1. The Morgan fingerprint density at radius 3 is 2.71 bits per heavy atom. The number of fused-ring (bicyclic) bond motifs is 1. The number of benzene rings is 1. The first-order valence-electron chi connectivity index (χ1n) is 6.54. The van der Waals surface area contributed by atoms with E-state index in [1.165, 1.54) is 11.6 Å². The van der Waals surface area contributed by atoms with Gasteiger partial charge >= 0.3 is 0 Å². The smallest absolute Gasteiger partial charge is 0.262 e. The molecule has 7 heteroatoms. The molecule has 108 valence electrons. The van der Waals surface area contributed by atoms with E-state index in [-0.39, 0.29) is 29.1 Å². The van der Waals surface area contributed by atoms with Crippen LogP contribution in [0.1, 0.15) is 18.9 Å². The predicted molar refractivity (Wildman–Crippen MR) is 79.4 cm³/mol. The molecule has 1 saturated heterocycles. The van der Waals surface area contributed by atoms with E-state index in [1.54, 1.807) is 24.3 Å². The van der Waals surface area contributed by atoms with Crippen molar-refractivity contribution in [3.05, 3.63) is 39.4 Å². The fourth-order valence-corrected chi connectivity index (χ4v) is 2.92. The highest BCUT2D eigenvalue weighted by atomic mass is 32.1. The predicted octanol–water partition coefficient (Wildman–Crippen LogP) is 1.38. The Morgan fingerprint density at radius 2 is 1.95 bits per heavy atom. The lowest BCUT2D eigenvalue weighted by molar-refractivity contribution is -0.149. The number of aromatic nitrogens is 2. The Hall–Kier alpha value is -2.28. The normalized spacial score (nSPS) is 19.3. The van der Waals surface area contributed by atoms with Crippen LogP contribution >= 0.6 is 12.2 Å². The Morgan fingerprint density at radius 1 is 1.24 bits per heavy atom. The summed E-state index contributed by atoms with van der Waals surface area (Å²) in [5, 5.41) is 0.471. The number of likely N-dealkylation sites (tertiary alicyclic amines) is 1. The van der Waals surface area contributed by atoms with Gasteiger partial charge in [-0.05, 0) is 30.8 Å². The zero-order chi connectivity index (χ0) is 15.1. The molecule has 1 aliphatic rings. The number of carbonyl (C=O) groups is 2. The molecule has 6 nitrogen and oxygen atoms in total. The zero-order valence-electron chi connectivity index (χ0n) is 11.3. The van der Waals surface area contributed by atoms with Crippen LogP contribution in [0.5, 0.6) is 0 Å². The minimum Gasteiger partial charge on any atom is -0.332 e. The Bertz CT molecular complexity index is 868. The number of piperidine rings is 1. The minimum atomic E-state index is -0.728. The monoisotopic (exact) mass is 303 g/mol. The molecule has 0 saturated carbocycles. The van der Waals surface area contributed by atoms with E-state index in [1.807, 2.05) is 0 Å². The van der Waals surface area contributed by atoms with Crippen molar-refractivity contribution in [1.82, 2.24) is 14.5 Å². The highest BCUT2D eigenvalue weighted by molar-refractivity contribution is 7.71. The van der Waals surface area contributed by atoms with Gasteiger partial charge in [-0.25, -0.2) is 0 Å². The van der Waals surface area contributed by atoms with Crippen molar-refractivity contribution in [2.75, 3.05) is 7.05 Å². The van der Waals surface area contributed by atoms with Gasteiger partial charge < -0.3 is 4.98 Å². The van der Waals surface area contributed by atoms with Gasteiger partial charge in [0.1, 0.15) is 6.04 Å². The molecule has 2 amide bonds. The van der Waals surface area contributed by atoms with Crippen LogP contribution in [0.25, 0.3) is 10.9 Å². The van der Waals surface area contributed by atoms with Gasteiger partial charge in [0, 0.05) is 13.5 Å². The quantitative estimate of drug-likeness (QED) is 0.638. The lowest BCUT2D eigenvalue weighted by Gasteiger charge is -2.28. The van der Waals surface area contributed by atoms with Crippen molar-refractivity contribution in [3.63, 3.8) is 0 Å². The molecular formula is C14H13N3O3S. The summed E-state index contributed by atoms with van der Waals surface area (Å²) in [5.74, 6) is -0.636. The highest BCUT2D eigenvalue weighted by Crippen LogP contribution is 2.22. The first-order chi connectivity index (χ1) is 10.0. The maximum Gasteiger partial charge on any atom is 0.262 e. The average molecular weight is 303 g/mol. The number of carbonyl (C=O) groups excluding carboxylic acids is 2. The van der Waals surface area contributed by atoms with E-state index in [9.17, 15) is 14.4 Å². The van der Waals surface area contributed by atoms with Crippen LogP contribution in [-0.4, -0.2) is 33.3 Å². The Labute approximate surface area is 125 Å². The van der Waals surface area contributed by atoms with Crippen molar-refractivity contribution in [2.45, 2.75) is 18.9 Å². The number of para-hydroxylation sites is 1. The lowest BCUT2D eigenvalue weighted by atomic mass is 10.0. The van der Waals surface area contributed by atoms with Crippen LogP contribution in [0.2, 0.25) is 0 Å². The molecule has 1 N–H and O–H groups in total. The molecule has 0 bridgehead atoms. The second kappa shape index (κ2) is 4.92. The summed E-state index contributed by atoms with van der Waals surface area (Å²) in [5.41, 5.74) is 0.326. The zero-order valence-corrected chi connectivity index (χ0v) is 12.1. The van der Waals surface area contributed by atoms with Gasteiger partial charge in [0.05, 0.1) is 10.9 Å². The molecule has 0 spiro atoms. The summed E-state index contributed by atoms with van der Waals surface area (Å²) in [6.45, 7) is 0. The number of hydrogen-bond donors (Lipinski definition) is 1. The molecule has 2 heterocycles. The number of aromatic amines is 1. The summed E-state index contributed by atoms with van der Waals surface area (Å²) in [4.78, 5) is 40.4. The third-order valence-corrected chi connectivity index (χ3v) is 4.07. The number of hydrogen-bond acceptors (Lipinski definition) is 4. The standard InChI is InChI=1S/C14H13N3O3S/c1-16-11(18)7-6-10(13(16)20)17-12(19)8-4-2-3-5-9(8)15-14(17)21/h2-5,10H,6-7H2,1H3,(H,15,21). The second-order valence-electron chi connectivity index (χ2n) is 5.00. The molecule has 1 atom stereocenters. The molecule has 21 heavy (non-hydrogen) atoms. The summed E-state index contributed by atoms with van der Waals surface area (Å²) in [6, 6.07) is 6.27. The highest BCUT2D eigenvalue weighted by Gasteiger charge is 2.34. The number of nitrogens with zero attached hydrogens (tertiary/aromatic N) is 2. The van der Waals surface area contributed by atoms with Crippen molar-refractivity contribution in [2.24, 2.45) is 0 Å². The van der Waals surface area contributed by atoms with Gasteiger partial charge in [-0.15, -0.1) is 0 Å². The maximum absolute atomic E-state index is 12.6. The second-order valence-corrected chi connectivity index (χ2v) is 5.38. The summed E-state index contributed by atoms with van der Waals surface area (Å²) in [6.07, 6.45) is 0.513. The van der Waals surface area contributed by atoms with Gasteiger partial charge in [0.2, 0.25) is 5.91 Å². The molecular weight excluding hydrogens is 290 g/mol. The molecule has 0 radical (unpaired) electrons. The minimum absolute atomic E-state index is 0.194. The van der Waals surface area contributed by atoms with Crippen LogP contribution in [-0.2, 0) is 9.59 Å². The molecule has 3 rings (SSSR count). The average Bonchev–Trinajstić information content (AvgIpc) is 2.47. The fraction of sp³-hybridized carbons (Fsp3) is 0.286. The van der Waals surface area contributed by atoms with Gasteiger partial charge in [-0.1, -0.05) is 12.1 Å².